The fourth-order valence-corrected chi connectivity index (χ4v) is 7.83. The monoisotopic (exact) mass is 428 g/mol. The van der Waals surface area contributed by atoms with Gasteiger partial charge in [-0.2, -0.15) is 0 Å². The largest absolute Gasteiger partial charge is 0.478 e. The first kappa shape index (κ1) is 20.8. The van der Waals surface area contributed by atoms with Gasteiger partial charge in [0.05, 0.1) is 11.1 Å². The van der Waals surface area contributed by atoms with Crippen molar-refractivity contribution in [2.45, 2.75) is 51.9 Å². The van der Waals surface area contributed by atoms with Crippen LogP contribution in [0, 0.1) is 34.5 Å². The van der Waals surface area contributed by atoms with E-state index in [0.29, 0.717) is 16.7 Å². The van der Waals surface area contributed by atoms with E-state index >= 15 is 0 Å². The Balaban J connectivity index is 1.45. The second kappa shape index (κ2) is 7.24. The van der Waals surface area contributed by atoms with Gasteiger partial charge in [0.15, 0.2) is 0 Å². The lowest BCUT2D eigenvalue weighted by molar-refractivity contribution is -0.116. The van der Waals surface area contributed by atoms with Gasteiger partial charge in [0.1, 0.15) is 0 Å². The fourth-order valence-electron chi connectivity index (χ4n) is 7.83. The molecule has 4 fully saturated rings. The second-order valence-corrected chi connectivity index (χ2v) is 10.7. The third kappa shape index (κ3) is 3.32. The highest BCUT2D eigenvalue weighted by Crippen LogP contribution is 2.70. The van der Waals surface area contributed by atoms with Gasteiger partial charge in [0.2, 0.25) is 0 Å². The Kier molecular flexibility index (Phi) is 4.71. The summed E-state index contributed by atoms with van der Waals surface area (Å²) < 4.78 is 0. The van der Waals surface area contributed by atoms with Crippen LogP contribution in [0.4, 0.5) is 0 Å². The lowest BCUT2D eigenvalue weighted by atomic mass is 9.39. The maximum Gasteiger partial charge on any atom is 0.337 e. The molecule has 2 aromatic carbocycles. The molecule has 0 amide bonds. The molecule has 4 heteroatoms. The Hall–Kier alpha value is -3.06. The molecule has 0 aromatic heterocycles. The highest BCUT2D eigenvalue weighted by molar-refractivity contribution is 6.03. The molecule has 32 heavy (non-hydrogen) atoms. The number of aromatic carboxylic acids is 2. The van der Waals surface area contributed by atoms with Crippen LogP contribution in [0.5, 0.6) is 0 Å². The predicted octanol–water partition coefficient (Wildman–Crippen LogP) is 5.80. The first-order valence-corrected chi connectivity index (χ1v) is 11.4. The molecular weight excluding hydrogens is 400 g/mol. The molecule has 0 atom stereocenters. The number of hydrogen-bond donors (Lipinski definition) is 2. The zero-order valence-corrected chi connectivity index (χ0v) is 18.5. The van der Waals surface area contributed by atoms with Gasteiger partial charge in [0.25, 0.3) is 0 Å². The Morgan fingerprint density at radius 2 is 1.44 bits per heavy atom. The summed E-state index contributed by atoms with van der Waals surface area (Å²) in [4.78, 5) is 23.0. The summed E-state index contributed by atoms with van der Waals surface area (Å²) in [5.74, 6) is 5.70. The van der Waals surface area contributed by atoms with Gasteiger partial charge < -0.3 is 10.2 Å². The van der Waals surface area contributed by atoms with Gasteiger partial charge in [-0.1, -0.05) is 43.9 Å². The summed E-state index contributed by atoms with van der Waals surface area (Å²) in [5.41, 5.74) is 2.63. The van der Waals surface area contributed by atoms with Gasteiger partial charge in [-0.3, -0.25) is 0 Å². The molecule has 4 aliphatic rings. The Morgan fingerprint density at radius 3 is 1.97 bits per heavy atom. The van der Waals surface area contributed by atoms with E-state index in [1.54, 1.807) is 6.07 Å². The number of rotatable bonds is 3. The number of carbonyl (C=O) groups is 2. The molecule has 0 unspecified atom stereocenters. The summed E-state index contributed by atoms with van der Waals surface area (Å²) in [6.45, 7) is 4.98. The molecule has 4 nitrogen and oxygen atoms in total. The van der Waals surface area contributed by atoms with Crippen LogP contribution >= 0.6 is 0 Å². The SMILES string of the molecule is CC12CC3CC(C1)CC(C)(C3)C2c1ccc(C#Cc2cccc(C(=O)O)c2C(=O)O)cc1. The lowest BCUT2D eigenvalue weighted by Gasteiger charge is -2.65. The van der Waals surface area contributed by atoms with Crippen molar-refractivity contribution in [2.24, 2.45) is 22.7 Å². The molecule has 0 radical (unpaired) electrons. The van der Waals surface area contributed by atoms with E-state index in [4.69, 9.17) is 0 Å². The Labute approximate surface area is 188 Å². The van der Waals surface area contributed by atoms with Crippen molar-refractivity contribution in [2.75, 3.05) is 0 Å². The van der Waals surface area contributed by atoms with Crippen molar-refractivity contribution in [1.29, 1.82) is 0 Å². The van der Waals surface area contributed by atoms with Crippen LogP contribution < -0.4 is 0 Å². The van der Waals surface area contributed by atoms with E-state index in [0.717, 1.165) is 17.4 Å². The van der Waals surface area contributed by atoms with Crippen LogP contribution in [0.3, 0.4) is 0 Å². The summed E-state index contributed by atoms with van der Waals surface area (Å²) >= 11 is 0. The van der Waals surface area contributed by atoms with E-state index < -0.39 is 11.9 Å². The van der Waals surface area contributed by atoms with Gasteiger partial charge in [-0.05, 0) is 90.5 Å². The van der Waals surface area contributed by atoms with Crippen molar-refractivity contribution in [3.8, 4) is 11.8 Å². The highest BCUT2D eigenvalue weighted by Gasteiger charge is 2.60. The van der Waals surface area contributed by atoms with Crippen LogP contribution in [0.15, 0.2) is 42.5 Å². The molecule has 164 valence electrons. The molecule has 2 aromatic rings. The Morgan fingerprint density at radius 1 is 0.844 bits per heavy atom. The molecule has 6 rings (SSSR count). The van der Waals surface area contributed by atoms with Crippen LogP contribution in [-0.4, -0.2) is 22.2 Å². The first-order chi connectivity index (χ1) is 15.2. The van der Waals surface area contributed by atoms with E-state index in [-0.39, 0.29) is 16.7 Å². The maximum absolute atomic E-state index is 11.6. The minimum absolute atomic E-state index is 0.211. The summed E-state index contributed by atoms with van der Waals surface area (Å²) in [6, 6.07) is 12.8. The zero-order valence-electron chi connectivity index (χ0n) is 18.5. The normalized spacial score (nSPS) is 32.2. The summed E-state index contributed by atoms with van der Waals surface area (Å²) in [5, 5.41) is 18.8. The second-order valence-electron chi connectivity index (χ2n) is 10.7. The summed E-state index contributed by atoms with van der Waals surface area (Å²) in [6.07, 6.45) is 6.77. The molecule has 4 saturated carbocycles. The molecule has 4 aliphatic carbocycles. The topological polar surface area (TPSA) is 74.6 Å². The Bertz CT molecular complexity index is 1130. The number of hydrogen-bond acceptors (Lipinski definition) is 2. The molecule has 0 spiro atoms. The molecule has 0 heterocycles. The zero-order chi connectivity index (χ0) is 22.7. The minimum Gasteiger partial charge on any atom is -0.478 e. The fraction of sp³-hybridized carbons (Fsp3) is 0.429. The van der Waals surface area contributed by atoms with Gasteiger partial charge in [-0.25, -0.2) is 9.59 Å². The highest BCUT2D eigenvalue weighted by atomic mass is 16.4. The number of carboxylic acids is 2. The number of benzene rings is 2. The standard InChI is InChI=1S/C28H28O4/c1-27-13-18-12-19(14-27)16-28(2,15-18)24(27)21-10-7-17(8-11-21)6-9-20-4-3-5-22(25(29)30)23(20)26(31)32/h3-5,7-8,10-11,18-19,24H,12-16H2,1-2H3,(H,29,30)(H,31,32). The van der Waals surface area contributed by atoms with E-state index in [1.807, 2.05) is 12.1 Å². The molecule has 2 N–H and O–H groups in total. The van der Waals surface area contributed by atoms with Crippen molar-refractivity contribution < 1.29 is 19.8 Å². The van der Waals surface area contributed by atoms with Crippen LogP contribution in [0.1, 0.15) is 89.3 Å². The molecule has 0 saturated heterocycles. The van der Waals surface area contributed by atoms with Crippen LogP contribution in [-0.2, 0) is 0 Å². The van der Waals surface area contributed by atoms with E-state index in [1.165, 1.54) is 49.8 Å². The predicted molar refractivity (Wildman–Crippen MR) is 122 cm³/mol. The van der Waals surface area contributed by atoms with Crippen molar-refractivity contribution in [3.05, 3.63) is 70.3 Å². The molecule has 0 aliphatic heterocycles. The lowest BCUT2D eigenvalue weighted by Crippen LogP contribution is -2.54. The van der Waals surface area contributed by atoms with Crippen molar-refractivity contribution in [3.63, 3.8) is 0 Å². The van der Waals surface area contributed by atoms with Crippen LogP contribution in [0.25, 0.3) is 0 Å². The van der Waals surface area contributed by atoms with Crippen molar-refractivity contribution in [1.82, 2.24) is 0 Å². The summed E-state index contributed by atoms with van der Waals surface area (Å²) in [7, 11) is 0. The van der Waals surface area contributed by atoms with Gasteiger partial charge in [0, 0.05) is 11.1 Å². The van der Waals surface area contributed by atoms with Gasteiger partial charge in [-0.15, -0.1) is 0 Å². The van der Waals surface area contributed by atoms with Gasteiger partial charge >= 0.3 is 11.9 Å². The third-order valence-corrected chi connectivity index (χ3v) is 8.17. The average molecular weight is 429 g/mol. The smallest absolute Gasteiger partial charge is 0.337 e. The third-order valence-electron chi connectivity index (χ3n) is 8.17. The van der Waals surface area contributed by atoms with E-state index in [2.05, 4.69) is 37.8 Å². The van der Waals surface area contributed by atoms with Crippen molar-refractivity contribution >= 4 is 11.9 Å². The maximum atomic E-state index is 11.6. The first-order valence-electron chi connectivity index (χ1n) is 11.4. The molecular formula is C28H28O4. The number of carboxylic acid groups (broad SMARTS) is 2. The minimum atomic E-state index is -1.29. The molecule has 4 bridgehead atoms. The van der Waals surface area contributed by atoms with E-state index in [9.17, 15) is 19.8 Å². The van der Waals surface area contributed by atoms with Crippen LogP contribution in [0.2, 0.25) is 0 Å². The average Bonchev–Trinajstić information content (AvgIpc) is 2.70. The quantitative estimate of drug-likeness (QED) is 0.606.